The predicted octanol–water partition coefficient (Wildman–Crippen LogP) is 1.96. The highest BCUT2D eigenvalue weighted by atomic mass is 19.1. The first-order valence-corrected chi connectivity index (χ1v) is 5.42. The SMILES string of the molecule is CCNC(CC(=O)O)Cc1cc(F)ccc1F. The van der Waals surface area contributed by atoms with E-state index >= 15 is 0 Å². The molecule has 0 fully saturated rings. The highest BCUT2D eigenvalue weighted by molar-refractivity contribution is 5.67. The van der Waals surface area contributed by atoms with Crippen LogP contribution in [0.1, 0.15) is 18.9 Å². The summed E-state index contributed by atoms with van der Waals surface area (Å²) in [6.45, 7) is 2.41. The van der Waals surface area contributed by atoms with Crippen LogP contribution in [0.25, 0.3) is 0 Å². The number of benzene rings is 1. The lowest BCUT2D eigenvalue weighted by Crippen LogP contribution is -2.33. The van der Waals surface area contributed by atoms with E-state index in [1.54, 1.807) is 0 Å². The van der Waals surface area contributed by atoms with Crippen LogP contribution in [0.4, 0.5) is 8.78 Å². The van der Waals surface area contributed by atoms with Gasteiger partial charge in [-0.05, 0) is 36.7 Å². The summed E-state index contributed by atoms with van der Waals surface area (Å²) in [4.78, 5) is 10.6. The fourth-order valence-corrected chi connectivity index (χ4v) is 1.68. The van der Waals surface area contributed by atoms with Gasteiger partial charge in [-0.2, -0.15) is 0 Å². The second-order valence-electron chi connectivity index (χ2n) is 3.79. The standard InChI is InChI=1S/C12H15F2NO2/c1-2-15-10(7-12(16)17)6-8-5-9(13)3-4-11(8)14/h3-5,10,15H,2,6-7H2,1H3,(H,16,17). The molecule has 0 saturated carbocycles. The lowest BCUT2D eigenvalue weighted by molar-refractivity contribution is -0.137. The van der Waals surface area contributed by atoms with Crippen molar-refractivity contribution >= 4 is 5.97 Å². The molecule has 2 N–H and O–H groups in total. The third kappa shape index (κ3) is 4.48. The van der Waals surface area contributed by atoms with Gasteiger partial charge in [0.1, 0.15) is 11.6 Å². The molecule has 1 unspecified atom stereocenters. The van der Waals surface area contributed by atoms with Gasteiger partial charge in [0.25, 0.3) is 0 Å². The van der Waals surface area contributed by atoms with Gasteiger partial charge < -0.3 is 10.4 Å². The number of likely N-dealkylation sites (N-methyl/N-ethyl adjacent to an activating group) is 1. The quantitative estimate of drug-likeness (QED) is 0.803. The Bertz CT molecular complexity index is 396. The number of hydrogen-bond donors (Lipinski definition) is 2. The molecule has 0 aliphatic rings. The van der Waals surface area contributed by atoms with Crippen LogP contribution in [0.15, 0.2) is 18.2 Å². The molecule has 1 aromatic rings. The normalized spacial score (nSPS) is 12.4. The Balaban J connectivity index is 2.77. The summed E-state index contributed by atoms with van der Waals surface area (Å²) in [5.74, 6) is -2.00. The van der Waals surface area contributed by atoms with Crippen molar-refractivity contribution in [2.45, 2.75) is 25.8 Å². The highest BCUT2D eigenvalue weighted by Gasteiger charge is 2.15. The van der Waals surface area contributed by atoms with Crippen molar-refractivity contribution in [1.29, 1.82) is 0 Å². The Labute approximate surface area is 98.5 Å². The molecule has 0 aromatic heterocycles. The third-order valence-electron chi connectivity index (χ3n) is 2.39. The minimum Gasteiger partial charge on any atom is -0.481 e. The summed E-state index contributed by atoms with van der Waals surface area (Å²) in [5.41, 5.74) is 0.192. The van der Waals surface area contributed by atoms with Crippen molar-refractivity contribution < 1.29 is 18.7 Å². The van der Waals surface area contributed by atoms with E-state index in [1.165, 1.54) is 0 Å². The Kier molecular flexibility index (Phi) is 5.03. The van der Waals surface area contributed by atoms with E-state index in [9.17, 15) is 13.6 Å². The van der Waals surface area contributed by atoms with Gasteiger partial charge in [0, 0.05) is 6.04 Å². The molecule has 94 valence electrons. The number of halogens is 2. The molecule has 17 heavy (non-hydrogen) atoms. The third-order valence-corrected chi connectivity index (χ3v) is 2.39. The number of aliphatic carboxylic acids is 1. The summed E-state index contributed by atoms with van der Waals surface area (Å²) in [5, 5.41) is 11.6. The zero-order chi connectivity index (χ0) is 12.8. The molecule has 0 amide bonds. The summed E-state index contributed by atoms with van der Waals surface area (Å²) in [6, 6.07) is 2.79. The highest BCUT2D eigenvalue weighted by Crippen LogP contribution is 2.13. The van der Waals surface area contributed by atoms with E-state index in [1.807, 2.05) is 6.92 Å². The number of carboxylic acids is 1. The molecule has 0 aliphatic carbocycles. The van der Waals surface area contributed by atoms with E-state index in [2.05, 4.69) is 5.32 Å². The number of carbonyl (C=O) groups is 1. The van der Waals surface area contributed by atoms with E-state index in [4.69, 9.17) is 5.11 Å². The average Bonchev–Trinajstić information content (AvgIpc) is 2.23. The van der Waals surface area contributed by atoms with Crippen LogP contribution in [0.2, 0.25) is 0 Å². The van der Waals surface area contributed by atoms with Gasteiger partial charge in [0.15, 0.2) is 0 Å². The first-order valence-electron chi connectivity index (χ1n) is 5.42. The monoisotopic (exact) mass is 243 g/mol. The Morgan fingerprint density at radius 1 is 1.47 bits per heavy atom. The summed E-state index contributed by atoms with van der Waals surface area (Å²) >= 11 is 0. The Morgan fingerprint density at radius 3 is 2.76 bits per heavy atom. The van der Waals surface area contributed by atoms with Crippen LogP contribution < -0.4 is 5.32 Å². The molecule has 1 aromatic carbocycles. The number of nitrogens with one attached hydrogen (secondary N) is 1. The minimum atomic E-state index is -0.965. The number of carboxylic acid groups (broad SMARTS) is 1. The topological polar surface area (TPSA) is 49.3 Å². The van der Waals surface area contributed by atoms with Crippen LogP contribution in [-0.2, 0) is 11.2 Å². The van der Waals surface area contributed by atoms with Crippen LogP contribution in [0, 0.1) is 11.6 Å². The molecule has 0 bridgehead atoms. The Morgan fingerprint density at radius 2 is 2.18 bits per heavy atom. The van der Waals surface area contributed by atoms with Crippen molar-refractivity contribution in [2.24, 2.45) is 0 Å². The Hall–Kier alpha value is -1.49. The molecular formula is C12H15F2NO2. The maximum Gasteiger partial charge on any atom is 0.304 e. The second-order valence-corrected chi connectivity index (χ2v) is 3.79. The van der Waals surface area contributed by atoms with Crippen molar-refractivity contribution in [2.75, 3.05) is 6.54 Å². The number of hydrogen-bond acceptors (Lipinski definition) is 2. The van der Waals surface area contributed by atoms with Gasteiger partial charge in [-0.3, -0.25) is 4.79 Å². The van der Waals surface area contributed by atoms with Crippen LogP contribution >= 0.6 is 0 Å². The minimum absolute atomic E-state index is 0.121. The molecule has 0 heterocycles. The largest absolute Gasteiger partial charge is 0.481 e. The molecule has 1 rings (SSSR count). The van der Waals surface area contributed by atoms with Crippen LogP contribution in [-0.4, -0.2) is 23.7 Å². The van der Waals surface area contributed by atoms with E-state index in [-0.39, 0.29) is 18.4 Å². The van der Waals surface area contributed by atoms with Crippen molar-refractivity contribution in [3.63, 3.8) is 0 Å². The summed E-state index contributed by atoms with van der Waals surface area (Å²) in [7, 11) is 0. The van der Waals surface area contributed by atoms with Gasteiger partial charge in [-0.25, -0.2) is 8.78 Å². The van der Waals surface area contributed by atoms with Gasteiger partial charge in [-0.15, -0.1) is 0 Å². The zero-order valence-corrected chi connectivity index (χ0v) is 9.54. The van der Waals surface area contributed by atoms with Crippen molar-refractivity contribution in [3.8, 4) is 0 Å². The van der Waals surface area contributed by atoms with Gasteiger partial charge in [0.2, 0.25) is 0 Å². The molecule has 0 radical (unpaired) electrons. The molecule has 3 nitrogen and oxygen atoms in total. The molecule has 1 atom stereocenters. The predicted molar refractivity (Wildman–Crippen MR) is 59.8 cm³/mol. The molecular weight excluding hydrogens is 228 g/mol. The lowest BCUT2D eigenvalue weighted by atomic mass is 10.0. The molecule has 0 spiro atoms. The molecule has 0 saturated heterocycles. The smallest absolute Gasteiger partial charge is 0.304 e. The van der Waals surface area contributed by atoms with Crippen LogP contribution in [0.5, 0.6) is 0 Å². The van der Waals surface area contributed by atoms with E-state index in [0.717, 1.165) is 18.2 Å². The number of rotatable bonds is 6. The van der Waals surface area contributed by atoms with Crippen molar-refractivity contribution in [1.82, 2.24) is 5.32 Å². The van der Waals surface area contributed by atoms with E-state index < -0.39 is 23.6 Å². The molecule has 5 heteroatoms. The zero-order valence-electron chi connectivity index (χ0n) is 9.54. The fraction of sp³-hybridized carbons (Fsp3) is 0.417. The van der Waals surface area contributed by atoms with Gasteiger partial charge >= 0.3 is 5.97 Å². The fourth-order valence-electron chi connectivity index (χ4n) is 1.68. The van der Waals surface area contributed by atoms with Gasteiger partial charge in [0.05, 0.1) is 6.42 Å². The average molecular weight is 243 g/mol. The van der Waals surface area contributed by atoms with E-state index in [0.29, 0.717) is 6.54 Å². The second kappa shape index (κ2) is 6.30. The lowest BCUT2D eigenvalue weighted by Gasteiger charge is -2.16. The maximum atomic E-state index is 13.4. The van der Waals surface area contributed by atoms with Crippen LogP contribution in [0.3, 0.4) is 0 Å². The van der Waals surface area contributed by atoms with Gasteiger partial charge in [-0.1, -0.05) is 6.92 Å². The summed E-state index contributed by atoms with van der Waals surface area (Å²) in [6.07, 6.45) is 0.0352. The molecule has 0 aliphatic heterocycles. The van der Waals surface area contributed by atoms with Crippen molar-refractivity contribution in [3.05, 3.63) is 35.4 Å². The maximum absolute atomic E-state index is 13.4. The first-order chi connectivity index (χ1) is 8.02. The summed E-state index contributed by atoms with van der Waals surface area (Å²) < 4.78 is 26.3. The first kappa shape index (κ1) is 13.6.